The monoisotopic (exact) mass is 504 g/mol. The molecule has 1 heterocycles. The Morgan fingerprint density at radius 2 is 1.72 bits per heavy atom. The second kappa shape index (κ2) is 11.5. The van der Waals surface area contributed by atoms with Crippen molar-refractivity contribution in [3.05, 3.63) is 89.2 Å². The van der Waals surface area contributed by atoms with Gasteiger partial charge in [0.2, 0.25) is 5.91 Å². The van der Waals surface area contributed by atoms with E-state index >= 15 is 0 Å². The first-order chi connectivity index (χ1) is 17.3. The van der Waals surface area contributed by atoms with Crippen LogP contribution in [0, 0.1) is 11.7 Å². The molecule has 0 aliphatic rings. The van der Waals surface area contributed by atoms with Gasteiger partial charge in [-0.2, -0.15) is 0 Å². The SMILES string of the molecule is CC(C)CN(CCC(=O)N[C@@H](C)c1ccccc1)c1nc(-c2ccc(F)cc2)nc2cc(Cl)ccc12. The van der Waals surface area contributed by atoms with Gasteiger partial charge in [-0.05, 0) is 60.9 Å². The maximum absolute atomic E-state index is 13.5. The minimum atomic E-state index is -0.319. The molecule has 36 heavy (non-hydrogen) atoms. The molecule has 1 atom stereocenters. The van der Waals surface area contributed by atoms with Crippen LogP contribution in [0.2, 0.25) is 5.02 Å². The summed E-state index contributed by atoms with van der Waals surface area (Å²) in [6, 6.07) is 21.5. The number of fused-ring (bicyclic) bond motifs is 1. The lowest BCUT2D eigenvalue weighted by Gasteiger charge is -2.27. The average molecular weight is 505 g/mol. The van der Waals surface area contributed by atoms with Crippen molar-refractivity contribution < 1.29 is 9.18 Å². The largest absolute Gasteiger partial charge is 0.355 e. The summed E-state index contributed by atoms with van der Waals surface area (Å²) < 4.78 is 13.5. The van der Waals surface area contributed by atoms with Crippen LogP contribution < -0.4 is 10.2 Å². The number of nitrogens with one attached hydrogen (secondary N) is 1. The van der Waals surface area contributed by atoms with E-state index in [0.29, 0.717) is 47.4 Å². The van der Waals surface area contributed by atoms with Crippen molar-refractivity contribution in [1.29, 1.82) is 0 Å². The smallest absolute Gasteiger partial charge is 0.222 e. The summed E-state index contributed by atoms with van der Waals surface area (Å²) in [4.78, 5) is 24.6. The van der Waals surface area contributed by atoms with Gasteiger partial charge in [0.1, 0.15) is 11.6 Å². The van der Waals surface area contributed by atoms with Crippen molar-refractivity contribution in [2.24, 2.45) is 5.92 Å². The third-order valence-electron chi connectivity index (χ3n) is 5.91. The molecular weight excluding hydrogens is 475 g/mol. The maximum Gasteiger partial charge on any atom is 0.222 e. The van der Waals surface area contributed by atoms with Gasteiger partial charge < -0.3 is 10.2 Å². The van der Waals surface area contributed by atoms with Crippen LogP contribution in [0.1, 0.15) is 38.8 Å². The highest BCUT2D eigenvalue weighted by Gasteiger charge is 2.19. The second-order valence-corrected chi connectivity index (χ2v) is 9.77. The molecule has 1 aromatic heterocycles. The molecule has 0 aliphatic carbocycles. The van der Waals surface area contributed by atoms with Crippen LogP contribution in [-0.2, 0) is 4.79 Å². The molecule has 0 radical (unpaired) electrons. The van der Waals surface area contributed by atoms with Crippen molar-refractivity contribution >= 4 is 34.2 Å². The average Bonchev–Trinajstić information content (AvgIpc) is 2.86. The lowest BCUT2D eigenvalue weighted by atomic mass is 10.1. The lowest BCUT2D eigenvalue weighted by Crippen LogP contribution is -2.34. The van der Waals surface area contributed by atoms with E-state index < -0.39 is 0 Å². The second-order valence-electron chi connectivity index (χ2n) is 9.33. The van der Waals surface area contributed by atoms with Crippen molar-refractivity contribution in [3.63, 3.8) is 0 Å². The lowest BCUT2D eigenvalue weighted by molar-refractivity contribution is -0.121. The molecule has 4 rings (SSSR count). The molecule has 186 valence electrons. The minimum absolute atomic E-state index is 0.0275. The first-order valence-corrected chi connectivity index (χ1v) is 12.5. The molecule has 0 saturated carbocycles. The Hall–Kier alpha value is -3.51. The molecule has 0 spiro atoms. The van der Waals surface area contributed by atoms with E-state index in [1.807, 2.05) is 49.4 Å². The number of benzene rings is 3. The summed E-state index contributed by atoms with van der Waals surface area (Å²) in [7, 11) is 0. The fourth-order valence-electron chi connectivity index (χ4n) is 4.15. The molecule has 0 unspecified atom stereocenters. The van der Waals surface area contributed by atoms with Crippen LogP contribution in [-0.4, -0.2) is 29.0 Å². The third kappa shape index (κ3) is 6.38. The fraction of sp³-hybridized carbons (Fsp3) is 0.276. The molecule has 4 aromatic rings. The highest BCUT2D eigenvalue weighted by Crippen LogP contribution is 2.30. The number of halogens is 2. The molecule has 3 aromatic carbocycles. The predicted molar refractivity (Wildman–Crippen MR) is 145 cm³/mol. The molecule has 1 N–H and O–H groups in total. The number of carbonyl (C=O) groups excluding carboxylic acids is 1. The minimum Gasteiger partial charge on any atom is -0.355 e. The van der Waals surface area contributed by atoms with Crippen LogP contribution in [0.3, 0.4) is 0 Å². The summed E-state index contributed by atoms with van der Waals surface area (Å²) in [6.07, 6.45) is 0.314. The topological polar surface area (TPSA) is 58.1 Å². The van der Waals surface area contributed by atoms with Gasteiger partial charge in [0.25, 0.3) is 0 Å². The summed E-state index contributed by atoms with van der Waals surface area (Å²) >= 11 is 6.28. The van der Waals surface area contributed by atoms with Gasteiger partial charge >= 0.3 is 0 Å². The first kappa shape index (κ1) is 25.6. The zero-order valence-corrected chi connectivity index (χ0v) is 21.5. The molecule has 5 nitrogen and oxygen atoms in total. The number of hydrogen-bond donors (Lipinski definition) is 1. The fourth-order valence-corrected chi connectivity index (χ4v) is 4.32. The van der Waals surface area contributed by atoms with Gasteiger partial charge in [0.05, 0.1) is 11.6 Å². The highest BCUT2D eigenvalue weighted by molar-refractivity contribution is 6.31. The van der Waals surface area contributed by atoms with Gasteiger partial charge in [0, 0.05) is 35.5 Å². The zero-order chi connectivity index (χ0) is 25.7. The van der Waals surface area contributed by atoms with Crippen LogP contribution in [0.15, 0.2) is 72.8 Å². The van der Waals surface area contributed by atoms with Crippen LogP contribution in [0.25, 0.3) is 22.3 Å². The van der Waals surface area contributed by atoms with Crippen molar-refractivity contribution in [2.75, 3.05) is 18.0 Å². The number of carbonyl (C=O) groups is 1. The molecule has 0 saturated heterocycles. The quantitative estimate of drug-likeness (QED) is 0.272. The van der Waals surface area contributed by atoms with Gasteiger partial charge in [0.15, 0.2) is 5.82 Å². The first-order valence-electron chi connectivity index (χ1n) is 12.1. The zero-order valence-electron chi connectivity index (χ0n) is 20.7. The summed E-state index contributed by atoms with van der Waals surface area (Å²) in [5, 5.41) is 4.51. The highest BCUT2D eigenvalue weighted by atomic mass is 35.5. The van der Waals surface area contributed by atoms with E-state index in [1.165, 1.54) is 12.1 Å². The Balaban J connectivity index is 1.63. The maximum atomic E-state index is 13.5. The van der Waals surface area contributed by atoms with Gasteiger partial charge in [-0.25, -0.2) is 14.4 Å². The summed E-state index contributed by atoms with van der Waals surface area (Å²) in [5.41, 5.74) is 2.47. The molecule has 1 amide bonds. The van der Waals surface area contributed by atoms with Gasteiger partial charge in [-0.3, -0.25) is 4.79 Å². The van der Waals surface area contributed by atoms with E-state index in [4.69, 9.17) is 21.6 Å². The van der Waals surface area contributed by atoms with E-state index in [1.54, 1.807) is 18.2 Å². The van der Waals surface area contributed by atoms with Gasteiger partial charge in [-0.15, -0.1) is 0 Å². The van der Waals surface area contributed by atoms with Crippen molar-refractivity contribution in [1.82, 2.24) is 15.3 Å². The third-order valence-corrected chi connectivity index (χ3v) is 6.15. The van der Waals surface area contributed by atoms with Crippen LogP contribution in [0.4, 0.5) is 10.2 Å². The molecule has 0 aliphatic heterocycles. The van der Waals surface area contributed by atoms with Crippen LogP contribution in [0.5, 0.6) is 0 Å². The number of nitrogens with zero attached hydrogens (tertiary/aromatic N) is 3. The van der Waals surface area contributed by atoms with E-state index in [0.717, 1.165) is 16.8 Å². The van der Waals surface area contributed by atoms with E-state index in [2.05, 4.69) is 24.1 Å². The molecular formula is C29H30ClFN4O. The van der Waals surface area contributed by atoms with Crippen molar-refractivity contribution in [3.8, 4) is 11.4 Å². The number of hydrogen-bond acceptors (Lipinski definition) is 4. The Morgan fingerprint density at radius 3 is 2.42 bits per heavy atom. The van der Waals surface area contributed by atoms with Crippen molar-refractivity contribution in [2.45, 2.75) is 33.2 Å². The number of aromatic nitrogens is 2. The Labute approximate surface area is 216 Å². The van der Waals surface area contributed by atoms with Gasteiger partial charge in [-0.1, -0.05) is 55.8 Å². The summed E-state index contributed by atoms with van der Waals surface area (Å²) in [6.45, 7) is 7.44. The molecule has 0 bridgehead atoms. The standard InChI is InChI=1S/C29H30ClFN4O/c1-19(2)18-35(16-15-27(36)32-20(3)21-7-5-4-6-8-21)29-25-14-11-23(30)17-26(25)33-28(34-29)22-9-12-24(31)13-10-22/h4-14,17,19-20H,15-16,18H2,1-3H3,(H,32,36)/t20-/m0/s1. The Morgan fingerprint density at radius 1 is 1.00 bits per heavy atom. The summed E-state index contributed by atoms with van der Waals surface area (Å²) in [5.74, 6) is 1.20. The van der Waals surface area contributed by atoms with E-state index in [9.17, 15) is 9.18 Å². The Bertz CT molecular complexity index is 1330. The normalized spacial score (nSPS) is 12.1. The Kier molecular flexibility index (Phi) is 8.16. The predicted octanol–water partition coefficient (Wildman–Crippen LogP) is 6.82. The van der Waals surface area contributed by atoms with Crippen LogP contribution >= 0.6 is 11.6 Å². The number of rotatable bonds is 9. The number of anilines is 1. The van der Waals surface area contributed by atoms with E-state index in [-0.39, 0.29) is 17.8 Å². The molecule has 7 heteroatoms. The number of amides is 1. The molecule has 0 fully saturated rings.